The molecular weight excluding hydrogens is 377 g/mol. The summed E-state index contributed by atoms with van der Waals surface area (Å²) in [4.78, 5) is 25.5. The Balaban J connectivity index is 0.00000169. The number of hydrogen-bond donors (Lipinski definition) is 1. The van der Waals surface area contributed by atoms with E-state index >= 15 is 0 Å². The van der Waals surface area contributed by atoms with Crippen molar-refractivity contribution in [2.45, 2.75) is 19.8 Å². The van der Waals surface area contributed by atoms with Crippen molar-refractivity contribution in [3.05, 3.63) is 12.0 Å². The molecule has 0 aliphatic carbocycles. The number of aryl methyl sites for hydroxylation is 2. The topological polar surface area (TPSA) is 79.2 Å². The molecule has 0 saturated carbocycles. The maximum atomic E-state index is 12.2. The van der Waals surface area contributed by atoms with Gasteiger partial charge in [0.25, 0.3) is 0 Å². The minimum Gasteiger partial charge on any atom is -0.352 e. The van der Waals surface area contributed by atoms with Crippen LogP contribution in [0.1, 0.15) is 18.7 Å². The standard InChI is InChI=1S/C16H25N7O.2ClH/c1-12-19-15-13(11-18-21(15)3)16(20-12)23-9-7-22(8-10-23)14(24)5-4-6-17-2;;/h11,17H,4-10H2,1-3H3;2*1H. The van der Waals surface area contributed by atoms with Gasteiger partial charge >= 0.3 is 0 Å². The molecule has 1 amide bonds. The van der Waals surface area contributed by atoms with Crippen molar-refractivity contribution < 1.29 is 4.79 Å². The third kappa shape index (κ3) is 4.75. The number of anilines is 1. The van der Waals surface area contributed by atoms with Crippen LogP contribution in [-0.4, -0.2) is 70.3 Å². The average molecular weight is 404 g/mol. The van der Waals surface area contributed by atoms with E-state index in [0.29, 0.717) is 6.42 Å². The molecule has 8 nitrogen and oxygen atoms in total. The number of nitrogens with zero attached hydrogens (tertiary/aromatic N) is 6. The maximum Gasteiger partial charge on any atom is 0.222 e. The molecule has 2 aromatic heterocycles. The fraction of sp³-hybridized carbons (Fsp3) is 0.625. The molecule has 0 bridgehead atoms. The lowest BCUT2D eigenvalue weighted by Crippen LogP contribution is -2.49. The molecular formula is C16H27Cl2N7O. The zero-order valence-electron chi connectivity index (χ0n) is 15.4. The Kier molecular flexibility index (Phi) is 8.52. The number of piperazine rings is 1. The molecule has 0 unspecified atom stereocenters. The van der Waals surface area contributed by atoms with Crippen LogP contribution in [0.4, 0.5) is 5.82 Å². The lowest BCUT2D eigenvalue weighted by molar-refractivity contribution is -0.131. The summed E-state index contributed by atoms with van der Waals surface area (Å²) in [6, 6.07) is 0. The highest BCUT2D eigenvalue weighted by molar-refractivity contribution is 5.87. The second-order valence-corrected chi connectivity index (χ2v) is 6.17. The van der Waals surface area contributed by atoms with Gasteiger partial charge in [-0.2, -0.15) is 5.10 Å². The number of hydrogen-bond acceptors (Lipinski definition) is 6. The van der Waals surface area contributed by atoms with Crippen molar-refractivity contribution >= 4 is 47.6 Å². The zero-order valence-corrected chi connectivity index (χ0v) is 17.1. The molecule has 0 aromatic carbocycles. The number of nitrogens with one attached hydrogen (secondary N) is 1. The molecule has 1 fully saturated rings. The summed E-state index contributed by atoms with van der Waals surface area (Å²) in [6.07, 6.45) is 3.32. The van der Waals surface area contributed by atoms with Crippen LogP contribution in [0.25, 0.3) is 11.0 Å². The van der Waals surface area contributed by atoms with Crippen LogP contribution in [-0.2, 0) is 11.8 Å². The molecule has 146 valence electrons. The van der Waals surface area contributed by atoms with E-state index in [9.17, 15) is 4.79 Å². The summed E-state index contributed by atoms with van der Waals surface area (Å²) in [5.41, 5.74) is 0.850. The van der Waals surface area contributed by atoms with Gasteiger partial charge in [0.1, 0.15) is 11.6 Å². The van der Waals surface area contributed by atoms with Crippen molar-refractivity contribution in [1.29, 1.82) is 0 Å². The lowest BCUT2D eigenvalue weighted by Gasteiger charge is -2.35. The molecule has 1 aliphatic heterocycles. The average Bonchev–Trinajstić information content (AvgIpc) is 2.95. The van der Waals surface area contributed by atoms with E-state index in [4.69, 9.17) is 0 Å². The van der Waals surface area contributed by atoms with Gasteiger partial charge < -0.3 is 15.1 Å². The summed E-state index contributed by atoms with van der Waals surface area (Å²) in [6.45, 7) is 5.84. The van der Waals surface area contributed by atoms with Crippen LogP contribution in [0.15, 0.2) is 6.20 Å². The quantitative estimate of drug-likeness (QED) is 0.754. The van der Waals surface area contributed by atoms with Gasteiger partial charge in [-0.1, -0.05) is 0 Å². The van der Waals surface area contributed by atoms with Crippen molar-refractivity contribution in [3.8, 4) is 0 Å². The lowest BCUT2D eigenvalue weighted by atomic mass is 10.2. The van der Waals surface area contributed by atoms with E-state index in [2.05, 4.69) is 25.3 Å². The monoisotopic (exact) mass is 403 g/mol. The summed E-state index contributed by atoms with van der Waals surface area (Å²) in [5, 5.41) is 8.34. The first-order chi connectivity index (χ1) is 11.6. The van der Waals surface area contributed by atoms with Gasteiger partial charge in [-0.15, -0.1) is 24.8 Å². The molecule has 26 heavy (non-hydrogen) atoms. The number of amides is 1. The number of carbonyl (C=O) groups is 1. The Morgan fingerprint density at radius 2 is 1.88 bits per heavy atom. The SMILES string of the molecule is CNCCCC(=O)N1CCN(c2nc(C)nc3c2cnn3C)CC1.Cl.Cl. The molecule has 3 rings (SSSR count). The van der Waals surface area contributed by atoms with Gasteiger partial charge in [0.15, 0.2) is 5.65 Å². The Morgan fingerprint density at radius 1 is 1.19 bits per heavy atom. The van der Waals surface area contributed by atoms with Gasteiger partial charge in [0, 0.05) is 39.6 Å². The largest absolute Gasteiger partial charge is 0.352 e. The Labute approximate surface area is 166 Å². The molecule has 1 saturated heterocycles. The minimum absolute atomic E-state index is 0. The highest BCUT2D eigenvalue weighted by Gasteiger charge is 2.23. The first-order valence-electron chi connectivity index (χ1n) is 8.44. The Bertz CT molecular complexity index is 729. The van der Waals surface area contributed by atoms with Gasteiger partial charge in [0.2, 0.25) is 5.91 Å². The predicted octanol–water partition coefficient (Wildman–Crippen LogP) is 1.16. The van der Waals surface area contributed by atoms with Crippen molar-refractivity contribution in [1.82, 2.24) is 30.0 Å². The maximum absolute atomic E-state index is 12.2. The Morgan fingerprint density at radius 3 is 2.54 bits per heavy atom. The molecule has 0 radical (unpaired) electrons. The van der Waals surface area contributed by atoms with E-state index in [-0.39, 0.29) is 30.7 Å². The fourth-order valence-corrected chi connectivity index (χ4v) is 3.10. The summed E-state index contributed by atoms with van der Waals surface area (Å²) in [5.74, 6) is 1.91. The van der Waals surface area contributed by atoms with Gasteiger partial charge in [-0.25, -0.2) is 9.97 Å². The normalized spacial score (nSPS) is 14.1. The third-order valence-electron chi connectivity index (χ3n) is 4.43. The molecule has 0 spiro atoms. The molecule has 10 heteroatoms. The third-order valence-corrected chi connectivity index (χ3v) is 4.43. The highest BCUT2D eigenvalue weighted by atomic mass is 35.5. The van der Waals surface area contributed by atoms with Crippen molar-refractivity contribution in [3.63, 3.8) is 0 Å². The van der Waals surface area contributed by atoms with Crippen LogP contribution in [0, 0.1) is 6.92 Å². The first kappa shape index (κ1) is 22.4. The van der Waals surface area contributed by atoms with E-state index in [1.165, 1.54) is 0 Å². The molecule has 3 heterocycles. The van der Waals surface area contributed by atoms with Crippen LogP contribution in [0.3, 0.4) is 0 Å². The van der Waals surface area contributed by atoms with Crippen LogP contribution in [0.2, 0.25) is 0 Å². The van der Waals surface area contributed by atoms with E-state index in [0.717, 1.165) is 61.8 Å². The number of halogens is 2. The second-order valence-electron chi connectivity index (χ2n) is 6.17. The second kappa shape index (κ2) is 9.89. The molecule has 1 aliphatic rings. The number of carbonyl (C=O) groups excluding carboxylic acids is 1. The van der Waals surface area contributed by atoms with Crippen molar-refractivity contribution in [2.75, 3.05) is 44.7 Å². The Hall–Kier alpha value is -1.64. The smallest absolute Gasteiger partial charge is 0.222 e. The molecule has 1 N–H and O–H groups in total. The number of aromatic nitrogens is 4. The fourth-order valence-electron chi connectivity index (χ4n) is 3.10. The van der Waals surface area contributed by atoms with E-state index in [1.807, 2.05) is 32.1 Å². The molecule has 2 aromatic rings. The van der Waals surface area contributed by atoms with E-state index in [1.54, 1.807) is 4.68 Å². The number of fused-ring (bicyclic) bond motifs is 1. The zero-order chi connectivity index (χ0) is 17.1. The van der Waals surface area contributed by atoms with E-state index < -0.39 is 0 Å². The van der Waals surface area contributed by atoms with Gasteiger partial charge in [-0.3, -0.25) is 9.48 Å². The first-order valence-corrected chi connectivity index (χ1v) is 8.44. The number of rotatable bonds is 5. The van der Waals surface area contributed by atoms with Crippen molar-refractivity contribution in [2.24, 2.45) is 7.05 Å². The summed E-state index contributed by atoms with van der Waals surface area (Å²) in [7, 11) is 3.80. The summed E-state index contributed by atoms with van der Waals surface area (Å²) >= 11 is 0. The minimum atomic E-state index is 0. The van der Waals surface area contributed by atoms with Crippen LogP contribution < -0.4 is 10.2 Å². The highest BCUT2D eigenvalue weighted by Crippen LogP contribution is 2.24. The van der Waals surface area contributed by atoms with Crippen LogP contribution >= 0.6 is 24.8 Å². The summed E-state index contributed by atoms with van der Waals surface area (Å²) < 4.78 is 1.77. The van der Waals surface area contributed by atoms with Gasteiger partial charge in [-0.05, 0) is 26.9 Å². The van der Waals surface area contributed by atoms with Crippen LogP contribution in [0.5, 0.6) is 0 Å². The van der Waals surface area contributed by atoms with Gasteiger partial charge in [0.05, 0.1) is 11.6 Å². The molecule has 0 atom stereocenters. The predicted molar refractivity (Wildman–Crippen MR) is 107 cm³/mol.